The predicted molar refractivity (Wildman–Crippen MR) is 69.8 cm³/mol. The first kappa shape index (κ1) is 14.2. The van der Waals surface area contributed by atoms with Crippen molar-refractivity contribution in [2.45, 2.75) is 20.0 Å². The summed E-state index contributed by atoms with van der Waals surface area (Å²) in [5.41, 5.74) is 1.22. The average molecular weight is 250 g/mol. The van der Waals surface area contributed by atoms with Crippen molar-refractivity contribution in [2.75, 3.05) is 18.9 Å². The number of carbonyl (C=O) groups excluding carboxylic acids is 2. The molecule has 0 spiro atoms. The fraction of sp³-hybridized carbons (Fsp3) is 0.385. The number of nitrogens with zero attached hydrogens (tertiary/aromatic N) is 1. The van der Waals surface area contributed by atoms with Crippen LogP contribution in [-0.2, 0) is 0 Å². The van der Waals surface area contributed by atoms with Crippen molar-refractivity contribution in [3.63, 3.8) is 0 Å². The minimum atomic E-state index is -0.569. The van der Waals surface area contributed by atoms with E-state index in [1.54, 1.807) is 38.2 Å². The summed E-state index contributed by atoms with van der Waals surface area (Å²) in [7, 11) is 1.60. The van der Waals surface area contributed by atoms with Crippen LogP contribution in [0.1, 0.15) is 24.2 Å². The van der Waals surface area contributed by atoms with Crippen LogP contribution in [0.5, 0.6) is 0 Å². The third kappa shape index (κ3) is 4.18. The van der Waals surface area contributed by atoms with E-state index < -0.39 is 6.10 Å². The zero-order chi connectivity index (χ0) is 13.7. The molecule has 2 amide bonds. The predicted octanol–water partition coefficient (Wildman–Crippen LogP) is 1.73. The number of hydrogen-bond acceptors (Lipinski definition) is 3. The number of aliphatic hydroxyl groups is 1. The molecule has 0 fully saturated rings. The van der Waals surface area contributed by atoms with Gasteiger partial charge >= 0.3 is 6.03 Å². The lowest BCUT2D eigenvalue weighted by Crippen LogP contribution is -2.36. The molecule has 0 aromatic heterocycles. The number of likely N-dealkylation sites (N-methyl/N-ethyl adjacent to an activating group) is 1. The Morgan fingerprint density at radius 1 is 1.33 bits per heavy atom. The molecule has 5 heteroatoms. The molecule has 1 unspecified atom stereocenters. The number of nitrogens with one attached hydrogen (secondary N) is 1. The molecule has 0 aliphatic carbocycles. The summed E-state index contributed by atoms with van der Waals surface area (Å²) in [4.78, 5) is 24.2. The van der Waals surface area contributed by atoms with Crippen LogP contribution < -0.4 is 5.32 Å². The summed E-state index contributed by atoms with van der Waals surface area (Å²) in [6.45, 7) is 3.37. The molecule has 2 N–H and O–H groups in total. The quantitative estimate of drug-likeness (QED) is 0.800. The number of rotatable bonds is 4. The Morgan fingerprint density at radius 2 is 1.89 bits per heavy atom. The second kappa shape index (κ2) is 6.16. The third-order valence-corrected chi connectivity index (χ3v) is 2.43. The van der Waals surface area contributed by atoms with Gasteiger partial charge in [-0.1, -0.05) is 0 Å². The third-order valence-electron chi connectivity index (χ3n) is 2.43. The number of anilines is 1. The first-order valence-corrected chi connectivity index (χ1v) is 5.71. The van der Waals surface area contributed by atoms with Crippen molar-refractivity contribution in [2.24, 2.45) is 0 Å². The molecule has 1 atom stereocenters. The number of ketones is 1. The average Bonchev–Trinajstić information content (AvgIpc) is 2.28. The normalized spacial score (nSPS) is 11.8. The van der Waals surface area contributed by atoms with Crippen LogP contribution in [0.15, 0.2) is 24.3 Å². The van der Waals surface area contributed by atoms with Gasteiger partial charge in [0, 0.05) is 24.8 Å². The lowest BCUT2D eigenvalue weighted by molar-refractivity contribution is 0.101. The van der Waals surface area contributed by atoms with Gasteiger partial charge in [-0.15, -0.1) is 0 Å². The van der Waals surface area contributed by atoms with E-state index in [1.165, 1.54) is 11.8 Å². The van der Waals surface area contributed by atoms with Gasteiger partial charge in [-0.05, 0) is 38.1 Å². The number of amides is 2. The highest BCUT2D eigenvalue weighted by atomic mass is 16.3. The van der Waals surface area contributed by atoms with Gasteiger partial charge in [-0.2, -0.15) is 0 Å². The minimum absolute atomic E-state index is 0.0147. The van der Waals surface area contributed by atoms with Crippen LogP contribution in [0.3, 0.4) is 0 Å². The number of carbonyl (C=O) groups is 2. The van der Waals surface area contributed by atoms with Crippen molar-refractivity contribution in [1.29, 1.82) is 0 Å². The SMILES string of the molecule is CC(=O)c1ccc(NC(=O)N(C)CC(C)O)cc1. The Balaban J connectivity index is 2.62. The van der Waals surface area contributed by atoms with Crippen LogP contribution in [-0.4, -0.2) is 41.5 Å². The zero-order valence-electron chi connectivity index (χ0n) is 10.8. The first-order valence-electron chi connectivity index (χ1n) is 5.71. The van der Waals surface area contributed by atoms with E-state index in [2.05, 4.69) is 5.32 Å². The fourth-order valence-corrected chi connectivity index (χ4v) is 1.49. The Kier molecular flexibility index (Phi) is 4.85. The van der Waals surface area contributed by atoms with E-state index >= 15 is 0 Å². The van der Waals surface area contributed by atoms with Gasteiger partial charge in [0.25, 0.3) is 0 Å². The molecule has 0 radical (unpaired) electrons. The molecule has 1 aromatic carbocycles. The Morgan fingerprint density at radius 3 is 2.33 bits per heavy atom. The van der Waals surface area contributed by atoms with Crippen molar-refractivity contribution < 1.29 is 14.7 Å². The molecule has 5 nitrogen and oxygen atoms in total. The van der Waals surface area contributed by atoms with Crippen molar-refractivity contribution in [1.82, 2.24) is 4.90 Å². The Bertz CT molecular complexity index is 426. The van der Waals surface area contributed by atoms with E-state index in [1.807, 2.05) is 0 Å². The molecule has 1 aromatic rings. The van der Waals surface area contributed by atoms with Crippen molar-refractivity contribution in [3.8, 4) is 0 Å². The number of aliphatic hydroxyl groups excluding tert-OH is 1. The maximum absolute atomic E-state index is 11.7. The number of urea groups is 1. The molecule has 98 valence electrons. The van der Waals surface area contributed by atoms with Crippen LogP contribution >= 0.6 is 0 Å². The molecular formula is C13H18N2O3. The van der Waals surface area contributed by atoms with Crippen molar-refractivity contribution in [3.05, 3.63) is 29.8 Å². The molecule has 0 aliphatic rings. The topological polar surface area (TPSA) is 69.6 Å². The molecule has 0 saturated heterocycles. The van der Waals surface area contributed by atoms with E-state index in [0.717, 1.165) is 0 Å². The molecule has 18 heavy (non-hydrogen) atoms. The van der Waals surface area contributed by atoms with Crippen LogP contribution in [0.4, 0.5) is 10.5 Å². The van der Waals surface area contributed by atoms with Crippen LogP contribution in [0, 0.1) is 0 Å². The first-order chi connectivity index (χ1) is 8.40. The maximum atomic E-state index is 11.7. The molecule has 0 bridgehead atoms. The Labute approximate surface area is 106 Å². The minimum Gasteiger partial charge on any atom is -0.392 e. The van der Waals surface area contributed by atoms with Crippen LogP contribution in [0.2, 0.25) is 0 Å². The summed E-state index contributed by atoms with van der Waals surface area (Å²) in [5.74, 6) is -0.0147. The van der Waals surface area contributed by atoms with Crippen molar-refractivity contribution >= 4 is 17.5 Å². The van der Waals surface area contributed by atoms with E-state index in [0.29, 0.717) is 11.3 Å². The second-order valence-corrected chi connectivity index (χ2v) is 4.29. The van der Waals surface area contributed by atoms with Gasteiger partial charge in [0.15, 0.2) is 5.78 Å². The highest BCUT2D eigenvalue weighted by Crippen LogP contribution is 2.10. The maximum Gasteiger partial charge on any atom is 0.321 e. The number of Topliss-reactive ketones (excluding diaryl/α,β-unsaturated/α-hetero) is 1. The summed E-state index contributed by atoms with van der Waals surface area (Å²) in [6.07, 6.45) is -0.569. The standard InChI is InChI=1S/C13H18N2O3/c1-9(16)8-15(3)13(18)14-12-6-4-11(5-7-12)10(2)17/h4-7,9,16H,8H2,1-3H3,(H,14,18). The van der Waals surface area contributed by atoms with Crippen LogP contribution in [0.25, 0.3) is 0 Å². The smallest absolute Gasteiger partial charge is 0.321 e. The van der Waals surface area contributed by atoms with E-state index in [9.17, 15) is 14.7 Å². The van der Waals surface area contributed by atoms with E-state index in [-0.39, 0.29) is 18.4 Å². The lowest BCUT2D eigenvalue weighted by Gasteiger charge is -2.19. The highest BCUT2D eigenvalue weighted by molar-refractivity contribution is 5.95. The summed E-state index contributed by atoms with van der Waals surface area (Å²) in [6, 6.07) is 6.36. The molecule has 0 aliphatic heterocycles. The molecule has 0 saturated carbocycles. The van der Waals surface area contributed by atoms with Gasteiger partial charge in [0.05, 0.1) is 6.10 Å². The molecular weight excluding hydrogens is 232 g/mol. The largest absolute Gasteiger partial charge is 0.392 e. The highest BCUT2D eigenvalue weighted by Gasteiger charge is 2.10. The number of benzene rings is 1. The lowest BCUT2D eigenvalue weighted by atomic mass is 10.1. The molecule has 0 heterocycles. The summed E-state index contributed by atoms with van der Waals surface area (Å²) < 4.78 is 0. The summed E-state index contributed by atoms with van der Waals surface area (Å²) in [5, 5.41) is 11.9. The number of hydrogen-bond donors (Lipinski definition) is 2. The molecule has 1 rings (SSSR count). The van der Waals surface area contributed by atoms with Gasteiger partial charge in [-0.3, -0.25) is 4.79 Å². The van der Waals surface area contributed by atoms with Gasteiger partial charge < -0.3 is 15.3 Å². The van der Waals surface area contributed by atoms with Gasteiger partial charge in [-0.25, -0.2) is 4.79 Å². The van der Waals surface area contributed by atoms with Gasteiger partial charge in [0.1, 0.15) is 0 Å². The Hall–Kier alpha value is -1.88. The summed E-state index contributed by atoms with van der Waals surface area (Å²) >= 11 is 0. The van der Waals surface area contributed by atoms with Gasteiger partial charge in [0.2, 0.25) is 0 Å². The van der Waals surface area contributed by atoms with E-state index in [4.69, 9.17) is 0 Å². The fourth-order valence-electron chi connectivity index (χ4n) is 1.49. The second-order valence-electron chi connectivity index (χ2n) is 4.29. The zero-order valence-corrected chi connectivity index (χ0v) is 10.8. The monoisotopic (exact) mass is 250 g/mol.